The van der Waals surface area contributed by atoms with Crippen LogP contribution in [0.15, 0.2) is 41.0 Å². The molecule has 1 aromatic heterocycles. The summed E-state index contributed by atoms with van der Waals surface area (Å²) in [6.07, 6.45) is 2.51. The van der Waals surface area contributed by atoms with Gasteiger partial charge >= 0.3 is 0 Å². The van der Waals surface area contributed by atoms with Crippen molar-refractivity contribution in [3.63, 3.8) is 0 Å². The summed E-state index contributed by atoms with van der Waals surface area (Å²) in [5, 5.41) is 2.98. The third-order valence-corrected chi connectivity index (χ3v) is 3.90. The van der Waals surface area contributed by atoms with Gasteiger partial charge in [0.15, 0.2) is 0 Å². The predicted octanol–water partition coefficient (Wildman–Crippen LogP) is 2.25. The highest BCUT2D eigenvalue weighted by Crippen LogP contribution is 2.26. The first-order valence-corrected chi connectivity index (χ1v) is 7.39. The Kier molecular flexibility index (Phi) is 4.15. The Balaban J connectivity index is 1.66. The van der Waals surface area contributed by atoms with Gasteiger partial charge in [0.1, 0.15) is 11.5 Å². The number of furan rings is 1. The Hall–Kier alpha value is -2.27. The molecule has 0 saturated carbocycles. The van der Waals surface area contributed by atoms with E-state index in [-0.39, 0.29) is 11.9 Å². The second-order valence-electron chi connectivity index (χ2n) is 5.63. The fourth-order valence-corrected chi connectivity index (χ4v) is 2.64. The first kappa shape index (κ1) is 14.7. The lowest BCUT2D eigenvalue weighted by atomic mass is 10.1. The van der Waals surface area contributed by atoms with Crippen LogP contribution in [0.3, 0.4) is 0 Å². The van der Waals surface area contributed by atoms with E-state index in [1.54, 1.807) is 12.3 Å². The van der Waals surface area contributed by atoms with Crippen molar-refractivity contribution < 1.29 is 13.9 Å². The fraction of sp³-hybridized carbons (Fsp3) is 0.353. The summed E-state index contributed by atoms with van der Waals surface area (Å²) in [6, 6.07) is 9.37. The van der Waals surface area contributed by atoms with Crippen LogP contribution in [0.1, 0.15) is 27.7 Å². The average molecular weight is 300 g/mol. The molecule has 1 atom stereocenters. The van der Waals surface area contributed by atoms with Gasteiger partial charge in [0.05, 0.1) is 18.9 Å². The molecule has 0 unspecified atom stereocenters. The molecule has 116 valence electrons. The maximum absolute atomic E-state index is 12.3. The number of fused-ring (bicyclic) bond motifs is 1. The molecular formula is C17H20N2O3. The van der Waals surface area contributed by atoms with Crippen molar-refractivity contribution in [3.8, 4) is 5.75 Å². The van der Waals surface area contributed by atoms with Crippen LogP contribution in [-0.2, 0) is 6.42 Å². The van der Waals surface area contributed by atoms with Gasteiger partial charge in [0.25, 0.3) is 5.91 Å². The first-order valence-electron chi connectivity index (χ1n) is 7.39. The highest BCUT2D eigenvalue weighted by Gasteiger charge is 2.19. The minimum Gasteiger partial charge on any atom is -0.493 e. The molecular weight excluding hydrogens is 280 g/mol. The standard InChI is InChI=1S/C17H20N2O3/c1-19(2)14(16-4-3-8-21-16)11-18-17(20)13-5-6-15-12(10-13)7-9-22-15/h3-6,8,10,14H,7,9,11H2,1-2H3,(H,18,20)/t14-/m0/s1. The molecule has 1 N–H and O–H groups in total. The second kappa shape index (κ2) is 6.23. The van der Waals surface area contributed by atoms with Crippen LogP contribution in [-0.4, -0.2) is 38.1 Å². The molecule has 0 radical (unpaired) electrons. The van der Waals surface area contributed by atoms with Crippen LogP contribution < -0.4 is 10.1 Å². The van der Waals surface area contributed by atoms with Gasteiger partial charge in [-0.15, -0.1) is 0 Å². The normalized spacial score (nSPS) is 14.5. The topological polar surface area (TPSA) is 54.7 Å². The van der Waals surface area contributed by atoms with E-state index in [0.29, 0.717) is 18.7 Å². The van der Waals surface area contributed by atoms with E-state index in [2.05, 4.69) is 5.32 Å². The molecule has 0 aliphatic carbocycles. The smallest absolute Gasteiger partial charge is 0.251 e. The van der Waals surface area contributed by atoms with Crippen molar-refractivity contribution in [2.75, 3.05) is 27.2 Å². The highest BCUT2D eigenvalue weighted by atomic mass is 16.5. The van der Waals surface area contributed by atoms with E-state index in [1.165, 1.54) is 0 Å². The fourth-order valence-electron chi connectivity index (χ4n) is 2.64. The Morgan fingerprint density at radius 3 is 2.95 bits per heavy atom. The number of benzene rings is 1. The lowest BCUT2D eigenvalue weighted by molar-refractivity contribution is 0.0939. The van der Waals surface area contributed by atoms with Gasteiger partial charge in [0, 0.05) is 18.5 Å². The molecule has 2 heterocycles. The minimum absolute atomic E-state index is 0.0108. The Labute approximate surface area is 129 Å². The Morgan fingerprint density at radius 2 is 2.23 bits per heavy atom. The molecule has 0 bridgehead atoms. The molecule has 1 amide bonds. The SMILES string of the molecule is CN(C)[C@@H](CNC(=O)c1ccc2c(c1)CCO2)c1ccco1. The largest absolute Gasteiger partial charge is 0.493 e. The van der Waals surface area contributed by atoms with Gasteiger partial charge in [-0.25, -0.2) is 0 Å². The quantitative estimate of drug-likeness (QED) is 0.920. The number of likely N-dealkylation sites (N-methyl/N-ethyl adjacent to an activating group) is 1. The molecule has 3 rings (SSSR count). The zero-order valence-corrected chi connectivity index (χ0v) is 12.8. The molecule has 0 saturated heterocycles. The van der Waals surface area contributed by atoms with E-state index in [0.717, 1.165) is 23.5 Å². The number of ether oxygens (including phenoxy) is 1. The van der Waals surface area contributed by atoms with Gasteiger partial charge in [-0.3, -0.25) is 9.69 Å². The van der Waals surface area contributed by atoms with E-state index in [9.17, 15) is 4.79 Å². The molecule has 0 fully saturated rings. The van der Waals surface area contributed by atoms with Crippen molar-refractivity contribution in [2.24, 2.45) is 0 Å². The lowest BCUT2D eigenvalue weighted by Gasteiger charge is -2.22. The van der Waals surface area contributed by atoms with Crippen molar-refractivity contribution >= 4 is 5.91 Å². The molecule has 1 aliphatic rings. The van der Waals surface area contributed by atoms with E-state index in [4.69, 9.17) is 9.15 Å². The molecule has 0 spiro atoms. The molecule has 1 aliphatic heterocycles. The number of carbonyl (C=O) groups is 1. The Bertz CT molecular complexity index is 650. The highest BCUT2D eigenvalue weighted by molar-refractivity contribution is 5.94. The monoisotopic (exact) mass is 300 g/mol. The van der Waals surface area contributed by atoms with Crippen LogP contribution in [0.25, 0.3) is 0 Å². The van der Waals surface area contributed by atoms with Crippen LogP contribution in [0, 0.1) is 0 Å². The second-order valence-corrected chi connectivity index (χ2v) is 5.63. The maximum Gasteiger partial charge on any atom is 0.251 e. The molecule has 1 aromatic carbocycles. The van der Waals surface area contributed by atoms with Crippen molar-refractivity contribution in [1.82, 2.24) is 10.2 Å². The zero-order chi connectivity index (χ0) is 15.5. The summed E-state index contributed by atoms with van der Waals surface area (Å²) in [7, 11) is 3.93. The number of rotatable bonds is 5. The maximum atomic E-state index is 12.3. The Morgan fingerprint density at radius 1 is 1.36 bits per heavy atom. The number of hydrogen-bond donors (Lipinski definition) is 1. The van der Waals surface area contributed by atoms with Gasteiger partial charge in [-0.2, -0.15) is 0 Å². The van der Waals surface area contributed by atoms with Crippen molar-refractivity contribution in [2.45, 2.75) is 12.5 Å². The molecule has 22 heavy (non-hydrogen) atoms. The van der Waals surface area contributed by atoms with E-state index >= 15 is 0 Å². The molecule has 5 heteroatoms. The summed E-state index contributed by atoms with van der Waals surface area (Å²) < 4.78 is 10.9. The van der Waals surface area contributed by atoms with Gasteiger partial charge in [0.2, 0.25) is 0 Å². The predicted molar refractivity (Wildman–Crippen MR) is 83.1 cm³/mol. The lowest BCUT2D eigenvalue weighted by Crippen LogP contribution is -2.34. The first-order chi connectivity index (χ1) is 10.6. The summed E-state index contributed by atoms with van der Waals surface area (Å²) >= 11 is 0. The number of hydrogen-bond acceptors (Lipinski definition) is 4. The van der Waals surface area contributed by atoms with Gasteiger partial charge in [-0.05, 0) is 50.0 Å². The van der Waals surface area contributed by atoms with Crippen molar-refractivity contribution in [3.05, 3.63) is 53.5 Å². The van der Waals surface area contributed by atoms with Gasteiger partial charge in [-0.1, -0.05) is 0 Å². The summed E-state index contributed by atoms with van der Waals surface area (Å²) in [6.45, 7) is 1.19. The van der Waals surface area contributed by atoms with Crippen molar-refractivity contribution in [1.29, 1.82) is 0 Å². The van der Waals surface area contributed by atoms with Crippen LogP contribution in [0.4, 0.5) is 0 Å². The molecule has 2 aromatic rings. The summed E-state index contributed by atoms with van der Waals surface area (Å²) in [4.78, 5) is 14.4. The summed E-state index contributed by atoms with van der Waals surface area (Å²) in [5.74, 6) is 1.65. The van der Waals surface area contributed by atoms with E-state index < -0.39 is 0 Å². The average Bonchev–Trinajstić information content (AvgIpc) is 3.17. The van der Waals surface area contributed by atoms with E-state index in [1.807, 2.05) is 43.3 Å². The van der Waals surface area contributed by atoms with Crippen LogP contribution >= 0.6 is 0 Å². The van der Waals surface area contributed by atoms with Gasteiger partial charge < -0.3 is 14.5 Å². The zero-order valence-electron chi connectivity index (χ0n) is 12.8. The third-order valence-electron chi connectivity index (χ3n) is 3.90. The van der Waals surface area contributed by atoms with Crippen LogP contribution in [0.5, 0.6) is 5.75 Å². The number of amides is 1. The van der Waals surface area contributed by atoms with Crippen LogP contribution in [0.2, 0.25) is 0 Å². The summed E-state index contributed by atoms with van der Waals surface area (Å²) in [5.41, 5.74) is 1.77. The number of carbonyl (C=O) groups excluding carboxylic acids is 1. The molecule has 5 nitrogen and oxygen atoms in total. The number of nitrogens with one attached hydrogen (secondary N) is 1. The third kappa shape index (κ3) is 2.99. The minimum atomic E-state index is -0.0758. The number of nitrogens with zero attached hydrogens (tertiary/aromatic N) is 1.